The summed E-state index contributed by atoms with van der Waals surface area (Å²) in [6.45, 7) is -0.638. The van der Waals surface area contributed by atoms with Gasteiger partial charge in [0.15, 0.2) is 0 Å². The SMILES string of the molecule is [N-]=[N+]=NCCC(F)(F)[C](F)F. The van der Waals surface area contributed by atoms with Gasteiger partial charge in [0, 0.05) is 17.9 Å². The van der Waals surface area contributed by atoms with Crippen molar-refractivity contribution in [2.24, 2.45) is 5.11 Å². The Balaban J connectivity index is 3.81. The van der Waals surface area contributed by atoms with Gasteiger partial charge in [-0.25, -0.2) is 0 Å². The second kappa shape index (κ2) is 4.02. The first-order valence-corrected chi connectivity index (χ1v) is 2.58. The molecule has 0 atom stereocenters. The van der Waals surface area contributed by atoms with Crippen molar-refractivity contribution in [3.05, 3.63) is 16.9 Å². The average molecular weight is 170 g/mol. The molecular formula is C4H4F4N3. The maximum absolute atomic E-state index is 11.9. The van der Waals surface area contributed by atoms with Crippen LogP contribution >= 0.6 is 0 Å². The molecule has 0 aromatic heterocycles. The molecule has 0 N–H and O–H groups in total. The Morgan fingerprint density at radius 2 is 2.00 bits per heavy atom. The summed E-state index contributed by atoms with van der Waals surface area (Å²) in [7, 11) is 0. The monoisotopic (exact) mass is 170 g/mol. The molecule has 0 fully saturated rings. The van der Waals surface area contributed by atoms with Crippen molar-refractivity contribution in [3.63, 3.8) is 0 Å². The molecule has 11 heavy (non-hydrogen) atoms. The van der Waals surface area contributed by atoms with Crippen LogP contribution in [-0.2, 0) is 0 Å². The van der Waals surface area contributed by atoms with E-state index in [4.69, 9.17) is 5.53 Å². The van der Waals surface area contributed by atoms with Crippen molar-refractivity contribution >= 4 is 0 Å². The second-order valence-corrected chi connectivity index (χ2v) is 1.67. The molecule has 0 amide bonds. The molecular weight excluding hydrogens is 166 g/mol. The summed E-state index contributed by atoms with van der Waals surface area (Å²) in [5.74, 6) is -4.13. The maximum atomic E-state index is 11.9. The Morgan fingerprint density at radius 1 is 1.45 bits per heavy atom. The quantitative estimate of drug-likeness (QED) is 0.269. The van der Waals surface area contributed by atoms with Gasteiger partial charge in [0.05, 0.1) is 0 Å². The van der Waals surface area contributed by atoms with Gasteiger partial charge >= 0.3 is 12.3 Å². The first kappa shape index (κ1) is 10.0. The molecule has 0 aliphatic rings. The van der Waals surface area contributed by atoms with Gasteiger partial charge in [-0.1, -0.05) is 5.11 Å². The third-order valence-corrected chi connectivity index (χ3v) is 0.866. The Bertz CT molecular complexity index is 163. The van der Waals surface area contributed by atoms with E-state index in [1.165, 1.54) is 0 Å². The number of halogens is 4. The van der Waals surface area contributed by atoms with Crippen LogP contribution in [0.2, 0.25) is 0 Å². The fourth-order valence-electron chi connectivity index (χ4n) is 0.330. The molecule has 0 rings (SSSR count). The van der Waals surface area contributed by atoms with Gasteiger partial charge in [0.1, 0.15) is 0 Å². The summed E-state index contributed by atoms with van der Waals surface area (Å²) in [4.78, 5) is 2.14. The Labute approximate surface area is 59.6 Å². The molecule has 0 bridgehead atoms. The van der Waals surface area contributed by atoms with Crippen LogP contribution in [-0.4, -0.2) is 12.5 Å². The van der Waals surface area contributed by atoms with Gasteiger partial charge in [-0.3, -0.25) is 0 Å². The molecule has 1 radical (unpaired) electrons. The highest BCUT2D eigenvalue weighted by atomic mass is 19.3. The van der Waals surface area contributed by atoms with E-state index in [0.717, 1.165) is 0 Å². The molecule has 0 aromatic carbocycles. The van der Waals surface area contributed by atoms with E-state index in [1.54, 1.807) is 0 Å². The van der Waals surface area contributed by atoms with Crippen molar-refractivity contribution in [2.75, 3.05) is 6.54 Å². The molecule has 0 unspecified atom stereocenters. The van der Waals surface area contributed by atoms with Crippen molar-refractivity contribution in [1.29, 1.82) is 0 Å². The van der Waals surface area contributed by atoms with Crippen LogP contribution in [0.3, 0.4) is 0 Å². The van der Waals surface area contributed by atoms with E-state index in [0.29, 0.717) is 0 Å². The summed E-state index contributed by atoms with van der Waals surface area (Å²) in [5, 5.41) is 2.69. The smallest absolute Gasteiger partial charge is 0.200 e. The second-order valence-electron chi connectivity index (χ2n) is 1.67. The maximum Gasteiger partial charge on any atom is 0.378 e. The lowest BCUT2D eigenvalue weighted by Gasteiger charge is -2.10. The molecule has 0 aliphatic heterocycles. The molecule has 3 nitrogen and oxygen atoms in total. The highest BCUT2D eigenvalue weighted by molar-refractivity contribution is 4.83. The van der Waals surface area contributed by atoms with E-state index in [2.05, 4.69) is 10.0 Å². The van der Waals surface area contributed by atoms with Crippen LogP contribution in [0.5, 0.6) is 0 Å². The molecule has 63 valence electrons. The van der Waals surface area contributed by atoms with Gasteiger partial charge in [0.2, 0.25) is 0 Å². The van der Waals surface area contributed by atoms with Gasteiger partial charge in [-0.15, -0.1) is 0 Å². The van der Waals surface area contributed by atoms with Crippen LogP contribution in [0.15, 0.2) is 5.11 Å². The number of hydrogen-bond donors (Lipinski definition) is 0. The largest absolute Gasteiger partial charge is 0.378 e. The van der Waals surface area contributed by atoms with Gasteiger partial charge in [-0.05, 0) is 5.53 Å². The molecule has 0 saturated heterocycles. The van der Waals surface area contributed by atoms with Crippen molar-refractivity contribution in [2.45, 2.75) is 12.3 Å². The fourth-order valence-corrected chi connectivity index (χ4v) is 0.330. The predicted molar refractivity (Wildman–Crippen MR) is 29.0 cm³/mol. The van der Waals surface area contributed by atoms with Crippen LogP contribution in [0, 0.1) is 6.43 Å². The number of hydrogen-bond acceptors (Lipinski definition) is 1. The summed E-state index contributed by atoms with van der Waals surface area (Å²) >= 11 is 0. The van der Waals surface area contributed by atoms with Crippen LogP contribution in [0.4, 0.5) is 17.6 Å². The molecule has 0 saturated carbocycles. The lowest BCUT2D eigenvalue weighted by atomic mass is 10.2. The molecule has 0 heterocycles. The lowest BCUT2D eigenvalue weighted by Crippen LogP contribution is -2.21. The van der Waals surface area contributed by atoms with Crippen molar-refractivity contribution < 1.29 is 17.6 Å². The minimum Gasteiger partial charge on any atom is -0.200 e. The molecule has 0 aromatic rings. The summed E-state index contributed by atoms with van der Waals surface area (Å²) in [6.07, 6.45) is -4.11. The van der Waals surface area contributed by atoms with E-state index in [9.17, 15) is 17.6 Å². The molecule has 7 heteroatoms. The highest BCUT2D eigenvalue weighted by Crippen LogP contribution is 2.31. The first-order valence-electron chi connectivity index (χ1n) is 2.58. The zero-order chi connectivity index (χ0) is 8.91. The van der Waals surface area contributed by atoms with Gasteiger partial charge in [-0.2, -0.15) is 17.6 Å². The van der Waals surface area contributed by atoms with E-state index < -0.39 is 25.3 Å². The minimum atomic E-state index is -4.13. The third-order valence-electron chi connectivity index (χ3n) is 0.866. The standard InChI is InChI=1S/C4H4F4N3/c5-3(6)4(7,8)1-2-10-11-9/h1-2H2. The van der Waals surface area contributed by atoms with Crippen LogP contribution in [0.25, 0.3) is 10.4 Å². The van der Waals surface area contributed by atoms with Gasteiger partial charge in [0.25, 0.3) is 0 Å². The topological polar surface area (TPSA) is 48.8 Å². The zero-order valence-electron chi connectivity index (χ0n) is 5.27. The number of rotatable bonds is 4. The normalized spacial score (nSPS) is 11.4. The minimum absolute atomic E-state index is 0.638. The fraction of sp³-hybridized carbons (Fsp3) is 0.750. The van der Waals surface area contributed by atoms with E-state index in [1.807, 2.05) is 0 Å². The lowest BCUT2D eigenvalue weighted by molar-refractivity contribution is -0.0634. The number of nitrogens with zero attached hydrogens (tertiary/aromatic N) is 3. The van der Waals surface area contributed by atoms with Crippen LogP contribution < -0.4 is 0 Å². The number of azide groups is 1. The van der Waals surface area contributed by atoms with Gasteiger partial charge < -0.3 is 0 Å². The van der Waals surface area contributed by atoms with Crippen LogP contribution in [0.1, 0.15) is 6.42 Å². The molecule has 0 aliphatic carbocycles. The average Bonchev–Trinajstić information content (AvgIpc) is 1.88. The van der Waals surface area contributed by atoms with E-state index in [-0.39, 0.29) is 0 Å². The van der Waals surface area contributed by atoms with Crippen molar-refractivity contribution in [1.82, 2.24) is 0 Å². The highest BCUT2D eigenvalue weighted by Gasteiger charge is 2.41. The van der Waals surface area contributed by atoms with E-state index >= 15 is 0 Å². The Morgan fingerprint density at radius 3 is 2.36 bits per heavy atom. The molecule has 0 spiro atoms. The first-order chi connectivity index (χ1) is 5.00. The third kappa shape index (κ3) is 3.67. The Hall–Kier alpha value is -0.970. The summed E-state index contributed by atoms with van der Waals surface area (Å²) in [6, 6.07) is 0. The summed E-state index contributed by atoms with van der Waals surface area (Å²) in [5.41, 5.74) is 7.62. The predicted octanol–water partition coefficient (Wildman–Crippen LogP) is 2.75. The summed E-state index contributed by atoms with van der Waals surface area (Å²) < 4.78 is 46.3. The Kier molecular flexibility index (Phi) is 3.67. The zero-order valence-corrected chi connectivity index (χ0v) is 5.27. The van der Waals surface area contributed by atoms with Crippen molar-refractivity contribution in [3.8, 4) is 0 Å². The number of alkyl halides is 2.